The van der Waals surface area contributed by atoms with Gasteiger partial charge in [0.1, 0.15) is 6.10 Å². The maximum atomic E-state index is 12.2. The molecular formula is C20H35N3O5. The molecule has 2 amide bonds. The van der Waals surface area contributed by atoms with Crippen LogP contribution in [0.4, 0.5) is 0 Å². The summed E-state index contributed by atoms with van der Waals surface area (Å²) in [5.41, 5.74) is 0. The van der Waals surface area contributed by atoms with Crippen LogP contribution >= 0.6 is 0 Å². The van der Waals surface area contributed by atoms with Gasteiger partial charge in [-0.3, -0.25) is 14.5 Å². The molecule has 2 heterocycles. The number of carbonyl (C=O) groups is 2. The smallest absolute Gasteiger partial charge is 0.223 e. The van der Waals surface area contributed by atoms with Crippen LogP contribution in [0.3, 0.4) is 0 Å². The summed E-state index contributed by atoms with van der Waals surface area (Å²) >= 11 is 0. The number of ether oxygens (including phenoxy) is 2. The summed E-state index contributed by atoms with van der Waals surface area (Å²) in [6.45, 7) is 4.99. The average Bonchev–Trinajstić information content (AvgIpc) is 2.66. The molecule has 0 unspecified atom stereocenters. The molecule has 3 fully saturated rings. The summed E-state index contributed by atoms with van der Waals surface area (Å²) in [4.78, 5) is 26.7. The molecule has 160 valence electrons. The highest BCUT2D eigenvalue weighted by Gasteiger charge is 2.35. The monoisotopic (exact) mass is 397 g/mol. The first kappa shape index (κ1) is 21.5. The summed E-state index contributed by atoms with van der Waals surface area (Å²) in [6, 6.07) is -0.161. The number of rotatable bonds is 9. The highest BCUT2D eigenvalue weighted by molar-refractivity contribution is 5.79. The lowest BCUT2D eigenvalue weighted by molar-refractivity contribution is -0.138. The van der Waals surface area contributed by atoms with Crippen molar-refractivity contribution in [3.8, 4) is 0 Å². The fourth-order valence-corrected chi connectivity index (χ4v) is 4.05. The number of nitrogens with one attached hydrogen (secondary N) is 2. The quantitative estimate of drug-likeness (QED) is 0.475. The Morgan fingerprint density at radius 2 is 1.89 bits per heavy atom. The van der Waals surface area contributed by atoms with Crippen LogP contribution in [0.5, 0.6) is 0 Å². The van der Waals surface area contributed by atoms with E-state index < -0.39 is 6.10 Å². The van der Waals surface area contributed by atoms with Crippen molar-refractivity contribution in [1.29, 1.82) is 0 Å². The molecule has 28 heavy (non-hydrogen) atoms. The van der Waals surface area contributed by atoms with Crippen LogP contribution < -0.4 is 10.6 Å². The van der Waals surface area contributed by atoms with Gasteiger partial charge in [0.05, 0.1) is 38.4 Å². The fraction of sp³-hybridized carbons (Fsp3) is 0.900. The topological polar surface area (TPSA) is 100 Å². The lowest BCUT2D eigenvalue weighted by atomic mass is 9.84. The van der Waals surface area contributed by atoms with Crippen LogP contribution in [0.15, 0.2) is 0 Å². The first-order valence-electron chi connectivity index (χ1n) is 10.8. The number of aliphatic hydroxyl groups excluding tert-OH is 1. The van der Waals surface area contributed by atoms with Crippen LogP contribution in [0.2, 0.25) is 0 Å². The minimum absolute atomic E-state index is 0.0133. The Morgan fingerprint density at radius 1 is 1.11 bits per heavy atom. The van der Waals surface area contributed by atoms with Gasteiger partial charge in [0.25, 0.3) is 0 Å². The second kappa shape index (κ2) is 11.1. The second-order valence-corrected chi connectivity index (χ2v) is 8.16. The first-order chi connectivity index (χ1) is 13.7. The van der Waals surface area contributed by atoms with Crippen molar-refractivity contribution in [2.24, 2.45) is 5.92 Å². The number of carbonyl (C=O) groups excluding carboxylic acids is 2. The van der Waals surface area contributed by atoms with Crippen LogP contribution in [0, 0.1) is 5.92 Å². The molecule has 0 aromatic carbocycles. The number of amides is 2. The predicted molar refractivity (Wildman–Crippen MR) is 104 cm³/mol. The number of nitrogens with zero attached hydrogens (tertiary/aromatic N) is 1. The Balaban J connectivity index is 1.31. The SMILES string of the molecule is O=C(C[C@H]1CC[C@@H](NC(=O)C2CCC2)[C@@H](CO)O1)NCCCN1CCOCC1. The normalized spacial score (nSPS) is 29.1. The van der Waals surface area contributed by atoms with Crippen LogP contribution in [0.1, 0.15) is 44.9 Å². The van der Waals surface area contributed by atoms with Gasteiger partial charge in [-0.25, -0.2) is 0 Å². The minimum atomic E-state index is -0.433. The minimum Gasteiger partial charge on any atom is -0.394 e. The molecule has 1 aliphatic carbocycles. The molecule has 2 saturated heterocycles. The van der Waals surface area contributed by atoms with Crippen molar-refractivity contribution in [1.82, 2.24) is 15.5 Å². The third-order valence-electron chi connectivity index (χ3n) is 6.09. The van der Waals surface area contributed by atoms with Crippen molar-refractivity contribution in [3.63, 3.8) is 0 Å². The number of aliphatic hydroxyl groups is 1. The first-order valence-corrected chi connectivity index (χ1v) is 10.8. The molecular weight excluding hydrogens is 362 g/mol. The lowest BCUT2D eigenvalue weighted by Gasteiger charge is -2.37. The van der Waals surface area contributed by atoms with E-state index in [4.69, 9.17) is 9.47 Å². The predicted octanol–water partition coefficient (Wildman–Crippen LogP) is 0.0398. The maximum absolute atomic E-state index is 12.2. The summed E-state index contributed by atoms with van der Waals surface area (Å²) in [5, 5.41) is 15.6. The Kier molecular flexibility index (Phi) is 8.51. The van der Waals surface area contributed by atoms with E-state index in [9.17, 15) is 14.7 Å². The Bertz CT molecular complexity index is 508. The number of morpholine rings is 1. The van der Waals surface area contributed by atoms with Gasteiger partial charge in [0, 0.05) is 25.6 Å². The third-order valence-corrected chi connectivity index (χ3v) is 6.09. The summed E-state index contributed by atoms with van der Waals surface area (Å²) < 4.78 is 11.2. The standard InChI is InChI=1S/C20H35N3O5/c24-14-18-17(22-20(26)15-3-1-4-15)6-5-16(28-18)13-19(25)21-7-2-8-23-9-11-27-12-10-23/h15-18,24H,1-14H2,(H,21,25)(H,22,26)/t16-,17-,18-/m1/s1. The van der Waals surface area contributed by atoms with Crippen LogP contribution in [0.25, 0.3) is 0 Å². The summed E-state index contributed by atoms with van der Waals surface area (Å²) in [5.74, 6) is 0.190. The highest BCUT2D eigenvalue weighted by Crippen LogP contribution is 2.28. The Morgan fingerprint density at radius 3 is 2.57 bits per heavy atom. The van der Waals surface area contributed by atoms with Gasteiger partial charge in [0.15, 0.2) is 0 Å². The van der Waals surface area contributed by atoms with E-state index in [1.807, 2.05) is 0 Å². The zero-order valence-electron chi connectivity index (χ0n) is 16.7. The molecule has 8 nitrogen and oxygen atoms in total. The van der Waals surface area contributed by atoms with Crippen molar-refractivity contribution < 1.29 is 24.2 Å². The zero-order valence-corrected chi connectivity index (χ0v) is 16.7. The Labute approximate surface area is 167 Å². The van der Waals surface area contributed by atoms with E-state index in [-0.39, 0.29) is 36.5 Å². The van der Waals surface area contributed by atoms with Gasteiger partial charge in [-0.2, -0.15) is 0 Å². The van der Waals surface area contributed by atoms with Gasteiger partial charge < -0.3 is 25.2 Å². The molecule has 0 aromatic heterocycles. The molecule has 0 bridgehead atoms. The molecule has 2 aliphatic heterocycles. The third kappa shape index (κ3) is 6.40. The molecule has 3 N–H and O–H groups in total. The molecule has 3 aliphatic rings. The van der Waals surface area contributed by atoms with Crippen molar-refractivity contribution in [3.05, 3.63) is 0 Å². The van der Waals surface area contributed by atoms with Gasteiger partial charge in [-0.15, -0.1) is 0 Å². The average molecular weight is 398 g/mol. The van der Waals surface area contributed by atoms with Crippen molar-refractivity contribution in [2.75, 3.05) is 46.0 Å². The molecule has 1 saturated carbocycles. The summed E-state index contributed by atoms with van der Waals surface area (Å²) in [6.07, 6.45) is 5.07. The number of hydrogen-bond acceptors (Lipinski definition) is 6. The van der Waals surface area contributed by atoms with E-state index in [2.05, 4.69) is 15.5 Å². The molecule has 0 spiro atoms. The second-order valence-electron chi connectivity index (χ2n) is 8.16. The zero-order chi connectivity index (χ0) is 19.8. The van der Waals surface area contributed by atoms with E-state index in [1.165, 1.54) is 0 Å². The maximum Gasteiger partial charge on any atom is 0.223 e. The van der Waals surface area contributed by atoms with Gasteiger partial charge in [-0.1, -0.05) is 6.42 Å². The van der Waals surface area contributed by atoms with E-state index in [0.717, 1.165) is 65.0 Å². The molecule has 0 radical (unpaired) electrons. The van der Waals surface area contributed by atoms with E-state index >= 15 is 0 Å². The van der Waals surface area contributed by atoms with E-state index in [1.54, 1.807) is 0 Å². The lowest BCUT2D eigenvalue weighted by Crippen LogP contribution is -2.53. The van der Waals surface area contributed by atoms with Crippen LogP contribution in [-0.2, 0) is 19.1 Å². The number of hydrogen-bond donors (Lipinski definition) is 3. The van der Waals surface area contributed by atoms with Gasteiger partial charge in [0.2, 0.25) is 11.8 Å². The summed E-state index contributed by atoms with van der Waals surface area (Å²) in [7, 11) is 0. The van der Waals surface area contributed by atoms with Crippen molar-refractivity contribution in [2.45, 2.75) is 63.2 Å². The fourth-order valence-electron chi connectivity index (χ4n) is 4.05. The Hall–Kier alpha value is -1.22. The molecule has 3 atom stereocenters. The van der Waals surface area contributed by atoms with Gasteiger partial charge >= 0.3 is 0 Å². The molecule has 0 aromatic rings. The largest absolute Gasteiger partial charge is 0.394 e. The molecule has 3 rings (SSSR count). The highest BCUT2D eigenvalue weighted by atomic mass is 16.5. The van der Waals surface area contributed by atoms with E-state index in [0.29, 0.717) is 19.4 Å². The van der Waals surface area contributed by atoms with Gasteiger partial charge in [-0.05, 0) is 38.6 Å². The van der Waals surface area contributed by atoms with Crippen molar-refractivity contribution >= 4 is 11.8 Å². The van der Waals surface area contributed by atoms with Crippen LogP contribution in [-0.4, -0.2) is 86.1 Å². The molecule has 8 heteroatoms.